The number of likely N-dealkylation sites (tertiary alicyclic amines) is 1. The second kappa shape index (κ2) is 5.99. The number of ketones is 1. The Morgan fingerprint density at radius 2 is 2.34 bits per heavy atom. The number of methoxy groups -OCH3 is 1. The van der Waals surface area contributed by atoms with Crippen molar-refractivity contribution in [3.05, 3.63) is 48.4 Å². The molecule has 2 aromatic rings. The molecule has 5 heteroatoms. The molecule has 1 spiro atoms. The van der Waals surface area contributed by atoms with Gasteiger partial charge in [0.2, 0.25) is 0 Å². The highest BCUT2D eigenvalue weighted by Gasteiger charge is 2.66. The summed E-state index contributed by atoms with van der Waals surface area (Å²) in [6, 6.07) is 4.46. The summed E-state index contributed by atoms with van der Waals surface area (Å²) in [6.07, 6.45) is 8.56. The minimum Gasteiger partial charge on any atom is -0.493 e. The minimum absolute atomic E-state index is 0.229. The number of hydrogen-bond acceptors (Lipinski definition) is 5. The maximum absolute atomic E-state index is 13.0. The zero-order valence-electron chi connectivity index (χ0n) is 16.6. The van der Waals surface area contributed by atoms with Gasteiger partial charge in [-0.1, -0.05) is 6.08 Å². The number of carbonyl (C=O) groups is 1. The Bertz CT molecular complexity index is 1010. The van der Waals surface area contributed by atoms with Gasteiger partial charge in [0.1, 0.15) is 0 Å². The summed E-state index contributed by atoms with van der Waals surface area (Å²) in [4.78, 5) is 15.6. The molecule has 3 unspecified atom stereocenters. The highest BCUT2D eigenvalue weighted by atomic mass is 16.5. The highest BCUT2D eigenvalue weighted by Crippen LogP contribution is 2.64. The maximum Gasteiger partial charge on any atom is 0.174 e. The summed E-state index contributed by atoms with van der Waals surface area (Å²) >= 11 is 0. The van der Waals surface area contributed by atoms with Crippen molar-refractivity contribution < 1.29 is 18.7 Å². The van der Waals surface area contributed by atoms with E-state index < -0.39 is 0 Å². The smallest absolute Gasteiger partial charge is 0.174 e. The average molecular weight is 391 g/mol. The van der Waals surface area contributed by atoms with Crippen LogP contribution < -0.4 is 9.47 Å². The summed E-state index contributed by atoms with van der Waals surface area (Å²) in [7, 11) is 1.68. The number of ether oxygens (including phenoxy) is 2. The molecule has 1 aromatic carbocycles. The lowest BCUT2D eigenvalue weighted by molar-refractivity contribution is -0.138. The van der Waals surface area contributed by atoms with Gasteiger partial charge in [0, 0.05) is 35.5 Å². The molecule has 5 nitrogen and oxygen atoms in total. The molecule has 1 saturated carbocycles. The second-order valence-corrected chi connectivity index (χ2v) is 8.78. The predicted octanol–water partition coefficient (Wildman–Crippen LogP) is 3.75. The van der Waals surface area contributed by atoms with Gasteiger partial charge in [-0.2, -0.15) is 0 Å². The standard InChI is InChI=1S/C24H25NO4/c1-3-8-25-9-7-24-17-4-5-19(26)23(24)29-22-20(27-2)12-15(14-6-10-28-13-14)16(21(22)24)11-18(17)25/h3,6,10,12-13,17-18,23H,1,4-5,7-9,11H2,2H3/t17?,18?,23?,24-/m1/s1. The van der Waals surface area contributed by atoms with Crippen molar-refractivity contribution in [2.45, 2.75) is 43.2 Å². The Kier molecular flexibility index (Phi) is 3.58. The number of piperidine rings is 1. The van der Waals surface area contributed by atoms with Crippen LogP contribution in [-0.4, -0.2) is 43.0 Å². The van der Waals surface area contributed by atoms with E-state index in [-0.39, 0.29) is 17.3 Å². The van der Waals surface area contributed by atoms with E-state index in [4.69, 9.17) is 13.9 Å². The second-order valence-electron chi connectivity index (χ2n) is 8.78. The van der Waals surface area contributed by atoms with Crippen molar-refractivity contribution in [3.8, 4) is 22.6 Å². The van der Waals surface area contributed by atoms with Gasteiger partial charge in [-0.25, -0.2) is 0 Å². The summed E-state index contributed by atoms with van der Waals surface area (Å²) in [5.74, 6) is 2.20. The molecule has 2 bridgehead atoms. The van der Waals surface area contributed by atoms with Crippen LogP contribution in [0.15, 0.2) is 41.7 Å². The molecule has 2 aliphatic heterocycles. The van der Waals surface area contributed by atoms with Gasteiger partial charge >= 0.3 is 0 Å². The number of carbonyl (C=O) groups excluding carboxylic acids is 1. The van der Waals surface area contributed by atoms with Crippen molar-refractivity contribution in [1.82, 2.24) is 4.90 Å². The van der Waals surface area contributed by atoms with Gasteiger partial charge in [0.05, 0.1) is 19.6 Å². The predicted molar refractivity (Wildman–Crippen MR) is 108 cm³/mol. The topological polar surface area (TPSA) is 51.9 Å². The van der Waals surface area contributed by atoms with Gasteiger partial charge in [-0.05, 0) is 55.0 Å². The van der Waals surface area contributed by atoms with Gasteiger partial charge in [-0.15, -0.1) is 6.58 Å². The monoisotopic (exact) mass is 391 g/mol. The first-order valence-electron chi connectivity index (χ1n) is 10.5. The zero-order valence-corrected chi connectivity index (χ0v) is 16.6. The summed E-state index contributed by atoms with van der Waals surface area (Å²) < 4.78 is 17.6. The van der Waals surface area contributed by atoms with Crippen molar-refractivity contribution in [3.63, 3.8) is 0 Å². The SMILES string of the molecule is C=CCN1CC[C@@]23c4c5c(-c6ccoc6)cc(OC)c4OC2C(=O)CCC3C1C5. The van der Waals surface area contributed by atoms with Crippen LogP contribution in [0, 0.1) is 5.92 Å². The number of nitrogens with zero attached hydrogens (tertiary/aromatic N) is 1. The van der Waals surface area contributed by atoms with E-state index >= 15 is 0 Å². The molecule has 4 aliphatic rings. The average Bonchev–Trinajstić information content (AvgIpc) is 3.37. The third-order valence-corrected chi connectivity index (χ3v) is 7.75. The van der Waals surface area contributed by atoms with Gasteiger partial charge in [-0.3, -0.25) is 9.69 Å². The number of Topliss-reactive ketones (excluding diaryl/α,β-unsaturated/α-hetero) is 1. The first-order valence-corrected chi connectivity index (χ1v) is 10.5. The quantitative estimate of drug-likeness (QED) is 0.743. The molecule has 4 atom stereocenters. The number of hydrogen-bond donors (Lipinski definition) is 0. The van der Waals surface area contributed by atoms with E-state index in [1.165, 1.54) is 11.1 Å². The molecule has 0 N–H and O–H groups in total. The Labute approximate surface area is 170 Å². The van der Waals surface area contributed by atoms with E-state index in [0.29, 0.717) is 18.4 Å². The summed E-state index contributed by atoms with van der Waals surface area (Å²) in [5, 5.41) is 0. The first kappa shape index (κ1) is 17.3. The Morgan fingerprint density at radius 3 is 3.10 bits per heavy atom. The van der Waals surface area contributed by atoms with Crippen LogP contribution in [0.5, 0.6) is 11.5 Å². The highest BCUT2D eigenvalue weighted by molar-refractivity contribution is 5.90. The van der Waals surface area contributed by atoms with Crippen molar-refractivity contribution in [2.24, 2.45) is 5.92 Å². The molecule has 0 amide bonds. The molecule has 2 aliphatic carbocycles. The molecule has 150 valence electrons. The summed E-state index contributed by atoms with van der Waals surface area (Å²) in [6.45, 7) is 5.83. The Balaban J connectivity index is 1.65. The van der Waals surface area contributed by atoms with Crippen LogP contribution in [0.25, 0.3) is 11.1 Å². The van der Waals surface area contributed by atoms with Crippen molar-refractivity contribution >= 4 is 5.78 Å². The molecule has 0 radical (unpaired) electrons. The number of rotatable bonds is 4. The lowest BCUT2D eigenvalue weighted by Crippen LogP contribution is -2.66. The van der Waals surface area contributed by atoms with E-state index in [9.17, 15) is 4.79 Å². The van der Waals surface area contributed by atoms with Gasteiger partial charge in [0.25, 0.3) is 0 Å². The lowest BCUT2D eigenvalue weighted by Gasteiger charge is -2.57. The van der Waals surface area contributed by atoms with Gasteiger partial charge < -0.3 is 13.9 Å². The maximum atomic E-state index is 13.0. The van der Waals surface area contributed by atoms with Crippen LogP contribution in [-0.2, 0) is 16.6 Å². The molecule has 1 aromatic heterocycles. The van der Waals surface area contributed by atoms with Crippen LogP contribution in [0.4, 0.5) is 0 Å². The fourth-order valence-corrected chi connectivity index (χ4v) is 6.70. The first-order chi connectivity index (χ1) is 14.2. The third kappa shape index (κ3) is 2.06. The molecule has 3 heterocycles. The molecule has 6 rings (SSSR count). The largest absolute Gasteiger partial charge is 0.493 e. The molecule has 29 heavy (non-hydrogen) atoms. The zero-order chi connectivity index (χ0) is 19.8. The molecular weight excluding hydrogens is 366 g/mol. The third-order valence-electron chi connectivity index (χ3n) is 7.75. The van der Waals surface area contributed by atoms with E-state index in [1.807, 2.05) is 12.1 Å². The molecule has 2 fully saturated rings. The van der Waals surface area contributed by atoms with Gasteiger partial charge in [0.15, 0.2) is 23.4 Å². The van der Waals surface area contributed by atoms with Crippen LogP contribution >= 0.6 is 0 Å². The van der Waals surface area contributed by atoms with Crippen LogP contribution in [0.2, 0.25) is 0 Å². The summed E-state index contributed by atoms with van der Waals surface area (Å²) in [5.41, 5.74) is 4.50. The molecular formula is C24H25NO4. The van der Waals surface area contributed by atoms with Crippen molar-refractivity contribution in [2.75, 3.05) is 20.2 Å². The Morgan fingerprint density at radius 1 is 1.45 bits per heavy atom. The van der Waals surface area contributed by atoms with E-state index in [0.717, 1.165) is 55.0 Å². The van der Waals surface area contributed by atoms with Crippen molar-refractivity contribution in [1.29, 1.82) is 0 Å². The van der Waals surface area contributed by atoms with E-state index in [1.54, 1.807) is 19.6 Å². The number of benzene rings is 1. The lowest BCUT2D eigenvalue weighted by atomic mass is 9.51. The normalized spacial score (nSPS) is 31.9. The fourth-order valence-electron chi connectivity index (χ4n) is 6.70. The fraction of sp³-hybridized carbons (Fsp3) is 0.458. The van der Waals surface area contributed by atoms with Crippen LogP contribution in [0.3, 0.4) is 0 Å². The molecule has 1 saturated heterocycles. The minimum atomic E-state index is -0.378. The van der Waals surface area contributed by atoms with Crippen LogP contribution in [0.1, 0.15) is 30.4 Å². The number of furan rings is 1. The Hall–Kier alpha value is -2.53. The van der Waals surface area contributed by atoms with E-state index in [2.05, 4.69) is 17.5 Å².